The fourth-order valence-corrected chi connectivity index (χ4v) is 4.58. The maximum Gasteiger partial charge on any atom is 0.242 e. The van der Waals surface area contributed by atoms with Crippen LogP contribution < -0.4 is 5.32 Å². The lowest BCUT2D eigenvalue weighted by atomic mass is 10.1. The molecule has 0 heterocycles. The van der Waals surface area contributed by atoms with E-state index in [0.29, 0.717) is 25.8 Å². The van der Waals surface area contributed by atoms with Crippen molar-refractivity contribution in [2.24, 2.45) is 0 Å². The van der Waals surface area contributed by atoms with Crippen LogP contribution in [0, 0.1) is 0 Å². The van der Waals surface area contributed by atoms with Crippen LogP contribution in [0.3, 0.4) is 0 Å². The summed E-state index contributed by atoms with van der Waals surface area (Å²) in [5.74, 6) is 0.371. The number of carbonyl (C=O) groups excluding carboxylic acids is 2. The van der Waals surface area contributed by atoms with E-state index in [9.17, 15) is 9.59 Å². The Morgan fingerprint density at radius 2 is 1.68 bits per heavy atom. The van der Waals surface area contributed by atoms with Gasteiger partial charge >= 0.3 is 0 Å². The second-order valence-electron chi connectivity index (χ2n) is 7.34. The largest absolute Gasteiger partial charge is 0.352 e. The van der Waals surface area contributed by atoms with E-state index in [4.69, 9.17) is 46.4 Å². The number of carbonyl (C=O) groups is 2. The Labute approximate surface area is 207 Å². The molecule has 0 aliphatic heterocycles. The van der Waals surface area contributed by atoms with Crippen molar-refractivity contribution in [3.63, 3.8) is 0 Å². The topological polar surface area (TPSA) is 49.4 Å². The maximum absolute atomic E-state index is 13.1. The molecule has 0 aliphatic rings. The second kappa shape index (κ2) is 12.2. The van der Waals surface area contributed by atoms with Crippen LogP contribution in [-0.2, 0) is 21.9 Å². The minimum Gasteiger partial charge on any atom is -0.352 e. The van der Waals surface area contributed by atoms with Gasteiger partial charge in [-0.3, -0.25) is 9.59 Å². The average Bonchev–Trinajstić information content (AvgIpc) is 2.69. The van der Waals surface area contributed by atoms with Crippen LogP contribution in [0.4, 0.5) is 0 Å². The summed E-state index contributed by atoms with van der Waals surface area (Å²) in [6.07, 6.45) is 0. The molecule has 0 radical (unpaired) electrons. The molecule has 0 saturated carbocycles. The highest BCUT2D eigenvalue weighted by atomic mass is 35.5. The number of amides is 2. The SMILES string of the molecule is CC(C)NC(=O)C(C)N(Cc1ccc(Cl)c(Cl)c1)C(=O)CSCc1ccc(Cl)cc1Cl. The summed E-state index contributed by atoms with van der Waals surface area (Å²) in [6.45, 7) is 5.71. The summed E-state index contributed by atoms with van der Waals surface area (Å²) in [4.78, 5) is 27.2. The highest BCUT2D eigenvalue weighted by Crippen LogP contribution is 2.26. The molecule has 2 aromatic carbocycles. The van der Waals surface area contributed by atoms with Crippen LogP contribution in [-0.4, -0.2) is 34.6 Å². The second-order valence-corrected chi connectivity index (χ2v) is 9.98. The van der Waals surface area contributed by atoms with E-state index in [2.05, 4.69) is 5.32 Å². The summed E-state index contributed by atoms with van der Waals surface area (Å²) >= 11 is 25.7. The van der Waals surface area contributed by atoms with Crippen molar-refractivity contribution in [1.82, 2.24) is 10.2 Å². The summed E-state index contributed by atoms with van der Waals surface area (Å²) in [5.41, 5.74) is 1.68. The zero-order chi connectivity index (χ0) is 23.1. The van der Waals surface area contributed by atoms with E-state index in [1.54, 1.807) is 42.2 Å². The molecular formula is C22H24Cl4N2O2S. The van der Waals surface area contributed by atoms with E-state index in [1.807, 2.05) is 19.9 Å². The van der Waals surface area contributed by atoms with E-state index < -0.39 is 6.04 Å². The number of rotatable bonds is 9. The molecule has 0 aromatic heterocycles. The van der Waals surface area contributed by atoms with Gasteiger partial charge in [0.25, 0.3) is 0 Å². The van der Waals surface area contributed by atoms with Crippen molar-refractivity contribution in [3.05, 3.63) is 67.6 Å². The minimum absolute atomic E-state index is 0.0294. The van der Waals surface area contributed by atoms with E-state index in [1.165, 1.54) is 11.8 Å². The fraction of sp³-hybridized carbons (Fsp3) is 0.364. The molecule has 0 spiro atoms. The lowest BCUT2D eigenvalue weighted by molar-refractivity contribution is -0.138. The smallest absolute Gasteiger partial charge is 0.242 e. The molecule has 168 valence electrons. The van der Waals surface area contributed by atoms with Crippen molar-refractivity contribution < 1.29 is 9.59 Å². The third-order valence-electron chi connectivity index (χ3n) is 4.43. The van der Waals surface area contributed by atoms with Gasteiger partial charge < -0.3 is 10.2 Å². The summed E-state index contributed by atoms with van der Waals surface area (Å²) in [7, 11) is 0. The molecule has 2 amide bonds. The average molecular weight is 522 g/mol. The van der Waals surface area contributed by atoms with Gasteiger partial charge in [-0.1, -0.05) is 58.5 Å². The number of nitrogens with one attached hydrogen (secondary N) is 1. The number of nitrogens with zero attached hydrogens (tertiary/aromatic N) is 1. The number of halogens is 4. The predicted molar refractivity (Wildman–Crippen MR) is 132 cm³/mol. The number of thioether (sulfide) groups is 1. The first-order valence-corrected chi connectivity index (χ1v) is 12.3. The van der Waals surface area contributed by atoms with Gasteiger partial charge in [0.15, 0.2) is 0 Å². The van der Waals surface area contributed by atoms with E-state index >= 15 is 0 Å². The first-order valence-electron chi connectivity index (χ1n) is 9.64. The quantitative estimate of drug-likeness (QED) is 0.411. The number of hydrogen-bond acceptors (Lipinski definition) is 3. The van der Waals surface area contributed by atoms with Gasteiger partial charge in [0, 0.05) is 28.4 Å². The van der Waals surface area contributed by atoms with Crippen LogP contribution in [0.5, 0.6) is 0 Å². The molecule has 31 heavy (non-hydrogen) atoms. The van der Waals surface area contributed by atoms with Crippen LogP contribution in [0.1, 0.15) is 31.9 Å². The Morgan fingerprint density at radius 1 is 0.968 bits per heavy atom. The highest BCUT2D eigenvalue weighted by molar-refractivity contribution is 7.99. The Morgan fingerprint density at radius 3 is 2.29 bits per heavy atom. The molecule has 1 atom stereocenters. The summed E-state index contributed by atoms with van der Waals surface area (Å²) in [5, 5.41) is 4.82. The van der Waals surface area contributed by atoms with Crippen molar-refractivity contribution >= 4 is 70.0 Å². The Bertz CT molecular complexity index is 940. The fourth-order valence-electron chi connectivity index (χ4n) is 2.79. The standard InChI is InChI=1S/C22H24Cl4N2O2S/c1-13(2)27-22(30)14(3)28(10-15-4-7-18(24)20(26)8-15)21(29)12-31-11-16-5-6-17(23)9-19(16)25/h4-9,13-14H,10-12H2,1-3H3,(H,27,30). The molecule has 1 unspecified atom stereocenters. The van der Waals surface area contributed by atoms with E-state index in [-0.39, 0.29) is 30.2 Å². The predicted octanol–water partition coefficient (Wildman–Crippen LogP) is 6.48. The lowest BCUT2D eigenvalue weighted by Crippen LogP contribution is -2.49. The van der Waals surface area contributed by atoms with Crippen molar-refractivity contribution in [3.8, 4) is 0 Å². The highest BCUT2D eigenvalue weighted by Gasteiger charge is 2.26. The van der Waals surface area contributed by atoms with Gasteiger partial charge in [-0.15, -0.1) is 11.8 Å². The molecule has 0 aliphatic carbocycles. The normalized spacial score (nSPS) is 12.0. The lowest BCUT2D eigenvalue weighted by Gasteiger charge is -2.29. The molecule has 2 rings (SSSR count). The Balaban J connectivity index is 2.12. The third kappa shape index (κ3) is 8.07. The minimum atomic E-state index is -0.649. The molecule has 2 aromatic rings. The summed E-state index contributed by atoms with van der Waals surface area (Å²) in [6, 6.07) is 9.78. The van der Waals surface area contributed by atoms with Crippen molar-refractivity contribution in [1.29, 1.82) is 0 Å². The van der Waals surface area contributed by atoms with Crippen LogP contribution in [0.15, 0.2) is 36.4 Å². The Kier molecular flexibility index (Phi) is 10.3. The van der Waals surface area contributed by atoms with Gasteiger partial charge in [0.05, 0.1) is 15.8 Å². The molecule has 0 fully saturated rings. The van der Waals surface area contributed by atoms with Crippen molar-refractivity contribution in [2.75, 3.05) is 5.75 Å². The molecule has 9 heteroatoms. The van der Waals surface area contributed by atoms with Gasteiger partial charge in [0.2, 0.25) is 11.8 Å². The van der Waals surface area contributed by atoms with E-state index in [0.717, 1.165) is 11.1 Å². The van der Waals surface area contributed by atoms with Gasteiger partial charge in [-0.05, 0) is 56.2 Å². The zero-order valence-corrected chi connectivity index (χ0v) is 21.3. The monoisotopic (exact) mass is 520 g/mol. The number of hydrogen-bond donors (Lipinski definition) is 1. The van der Waals surface area contributed by atoms with Gasteiger partial charge in [-0.2, -0.15) is 0 Å². The Hall–Kier alpha value is -1.11. The molecular weight excluding hydrogens is 498 g/mol. The van der Waals surface area contributed by atoms with Gasteiger partial charge in [-0.25, -0.2) is 0 Å². The van der Waals surface area contributed by atoms with Crippen molar-refractivity contribution in [2.45, 2.75) is 45.2 Å². The van der Waals surface area contributed by atoms with Crippen LogP contribution >= 0.6 is 58.2 Å². The van der Waals surface area contributed by atoms with Crippen LogP contribution in [0.2, 0.25) is 20.1 Å². The molecule has 0 saturated heterocycles. The first-order chi connectivity index (χ1) is 14.6. The molecule has 0 bridgehead atoms. The summed E-state index contributed by atoms with van der Waals surface area (Å²) < 4.78 is 0. The number of benzene rings is 2. The third-order valence-corrected chi connectivity index (χ3v) is 6.73. The maximum atomic E-state index is 13.1. The van der Waals surface area contributed by atoms with Crippen LogP contribution in [0.25, 0.3) is 0 Å². The first kappa shape index (κ1) is 26.1. The molecule has 4 nitrogen and oxygen atoms in total. The molecule has 1 N–H and O–H groups in total. The van der Waals surface area contributed by atoms with Gasteiger partial charge in [0.1, 0.15) is 6.04 Å². The zero-order valence-electron chi connectivity index (χ0n) is 17.4.